The molecule has 1 atom stereocenters. The van der Waals surface area contributed by atoms with Crippen molar-refractivity contribution in [2.24, 2.45) is 0 Å². The van der Waals surface area contributed by atoms with E-state index in [1.807, 2.05) is 6.92 Å². The summed E-state index contributed by atoms with van der Waals surface area (Å²) in [6.45, 7) is 1.99. The third-order valence-corrected chi connectivity index (χ3v) is 7.87. The highest BCUT2D eigenvalue weighted by molar-refractivity contribution is 8.00. The highest BCUT2D eigenvalue weighted by Gasteiger charge is 2.27. The summed E-state index contributed by atoms with van der Waals surface area (Å²) < 4.78 is 2.35. The highest BCUT2D eigenvalue weighted by Crippen LogP contribution is 2.34. The standard InChI is InChI=1S/C21H30N4OS2/c1-15(20(26)22-16-8-5-6-9-16)28-21-24-23-19(14-18-12-7-13-27-18)25(21)17-10-3-2-4-11-17/h7,12-13,15-17H,2-6,8-11,14H2,1H3,(H,22,26)/t15-/m1/s1. The first-order chi connectivity index (χ1) is 13.7. The Kier molecular flexibility index (Phi) is 6.73. The van der Waals surface area contributed by atoms with Gasteiger partial charge in [-0.25, -0.2) is 0 Å². The molecular weight excluding hydrogens is 388 g/mol. The molecule has 2 saturated carbocycles. The highest BCUT2D eigenvalue weighted by atomic mass is 32.2. The molecule has 0 radical (unpaired) electrons. The van der Waals surface area contributed by atoms with E-state index in [1.54, 1.807) is 23.1 Å². The molecular formula is C21H30N4OS2. The number of rotatable bonds is 7. The topological polar surface area (TPSA) is 59.8 Å². The Labute approximate surface area is 175 Å². The van der Waals surface area contributed by atoms with Gasteiger partial charge in [-0.15, -0.1) is 21.5 Å². The number of carbonyl (C=O) groups excluding carboxylic acids is 1. The zero-order valence-electron chi connectivity index (χ0n) is 16.6. The molecule has 2 aromatic heterocycles. The van der Waals surface area contributed by atoms with Crippen molar-refractivity contribution < 1.29 is 4.79 Å². The Hall–Kier alpha value is -1.34. The molecule has 0 unspecified atom stereocenters. The first-order valence-electron chi connectivity index (χ1n) is 10.6. The number of amides is 1. The molecule has 2 aliphatic carbocycles. The van der Waals surface area contributed by atoms with E-state index in [9.17, 15) is 4.79 Å². The largest absolute Gasteiger partial charge is 0.352 e. The van der Waals surface area contributed by atoms with Crippen molar-refractivity contribution in [2.45, 2.75) is 93.6 Å². The molecule has 28 heavy (non-hydrogen) atoms. The molecule has 0 aromatic carbocycles. The van der Waals surface area contributed by atoms with Gasteiger partial charge in [-0.1, -0.05) is 49.9 Å². The Bertz CT molecular complexity index is 761. The van der Waals surface area contributed by atoms with E-state index in [4.69, 9.17) is 0 Å². The molecule has 1 N–H and O–H groups in total. The van der Waals surface area contributed by atoms with Crippen LogP contribution in [0.4, 0.5) is 0 Å². The van der Waals surface area contributed by atoms with Gasteiger partial charge in [0.05, 0.1) is 5.25 Å². The summed E-state index contributed by atoms with van der Waals surface area (Å²) in [5, 5.41) is 15.2. The Balaban J connectivity index is 1.50. The van der Waals surface area contributed by atoms with Crippen molar-refractivity contribution in [1.29, 1.82) is 0 Å². The second kappa shape index (κ2) is 9.44. The Morgan fingerprint density at radius 3 is 2.68 bits per heavy atom. The van der Waals surface area contributed by atoms with Gasteiger partial charge in [0.1, 0.15) is 5.82 Å². The second-order valence-corrected chi connectivity index (χ2v) is 10.4. The van der Waals surface area contributed by atoms with E-state index in [2.05, 4.69) is 37.6 Å². The molecule has 2 fully saturated rings. The smallest absolute Gasteiger partial charge is 0.233 e. The minimum atomic E-state index is -0.151. The Morgan fingerprint density at radius 1 is 1.21 bits per heavy atom. The summed E-state index contributed by atoms with van der Waals surface area (Å²) in [4.78, 5) is 14.0. The monoisotopic (exact) mass is 418 g/mol. The lowest BCUT2D eigenvalue weighted by molar-refractivity contribution is -0.120. The number of aromatic nitrogens is 3. The van der Waals surface area contributed by atoms with Crippen molar-refractivity contribution in [3.63, 3.8) is 0 Å². The van der Waals surface area contributed by atoms with Gasteiger partial charge in [-0.05, 0) is 44.1 Å². The van der Waals surface area contributed by atoms with Crippen molar-refractivity contribution in [3.05, 3.63) is 28.2 Å². The van der Waals surface area contributed by atoms with E-state index in [1.165, 1.54) is 49.8 Å². The molecule has 0 bridgehead atoms. The summed E-state index contributed by atoms with van der Waals surface area (Å²) in [6.07, 6.45) is 11.7. The summed E-state index contributed by atoms with van der Waals surface area (Å²) in [5.41, 5.74) is 0. The van der Waals surface area contributed by atoms with Gasteiger partial charge in [0.2, 0.25) is 5.91 Å². The van der Waals surface area contributed by atoms with Crippen LogP contribution in [-0.2, 0) is 11.2 Å². The summed E-state index contributed by atoms with van der Waals surface area (Å²) in [5.74, 6) is 1.18. The molecule has 152 valence electrons. The summed E-state index contributed by atoms with van der Waals surface area (Å²) in [7, 11) is 0. The van der Waals surface area contributed by atoms with E-state index in [0.717, 1.165) is 30.2 Å². The lowest BCUT2D eigenvalue weighted by Gasteiger charge is -2.26. The number of thioether (sulfide) groups is 1. The first kappa shape index (κ1) is 20.0. The van der Waals surface area contributed by atoms with Gasteiger partial charge < -0.3 is 9.88 Å². The number of hydrogen-bond donors (Lipinski definition) is 1. The number of thiophene rings is 1. The fourth-order valence-electron chi connectivity index (χ4n) is 4.38. The van der Waals surface area contributed by atoms with Crippen LogP contribution in [0.5, 0.6) is 0 Å². The van der Waals surface area contributed by atoms with Crippen LogP contribution >= 0.6 is 23.1 Å². The maximum atomic E-state index is 12.7. The maximum Gasteiger partial charge on any atom is 0.233 e. The maximum absolute atomic E-state index is 12.7. The molecule has 0 spiro atoms. The minimum absolute atomic E-state index is 0.134. The number of hydrogen-bond acceptors (Lipinski definition) is 5. The minimum Gasteiger partial charge on any atom is -0.352 e. The molecule has 1 amide bonds. The van der Waals surface area contributed by atoms with E-state index in [-0.39, 0.29) is 11.2 Å². The SMILES string of the molecule is C[C@@H](Sc1nnc(Cc2cccs2)n1C1CCCCC1)C(=O)NC1CCCC1. The molecule has 2 heterocycles. The Morgan fingerprint density at radius 2 is 1.96 bits per heavy atom. The van der Waals surface area contributed by atoms with E-state index in [0.29, 0.717) is 12.1 Å². The van der Waals surface area contributed by atoms with Crippen LogP contribution in [0.3, 0.4) is 0 Å². The van der Waals surface area contributed by atoms with Gasteiger partial charge in [0.25, 0.3) is 0 Å². The average molecular weight is 419 g/mol. The van der Waals surface area contributed by atoms with Crippen LogP contribution in [0.1, 0.15) is 81.5 Å². The normalized spacial score (nSPS) is 19.8. The van der Waals surface area contributed by atoms with Crippen molar-refractivity contribution in [2.75, 3.05) is 0 Å². The van der Waals surface area contributed by atoms with Crippen LogP contribution in [0.25, 0.3) is 0 Å². The van der Waals surface area contributed by atoms with Crippen LogP contribution in [0, 0.1) is 0 Å². The zero-order valence-corrected chi connectivity index (χ0v) is 18.2. The van der Waals surface area contributed by atoms with E-state index >= 15 is 0 Å². The molecule has 7 heteroatoms. The number of nitrogens with one attached hydrogen (secondary N) is 1. The molecule has 0 aliphatic heterocycles. The number of nitrogens with zero attached hydrogens (tertiary/aromatic N) is 3. The quantitative estimate of drug-likeness (QED) is 0.645. The molecule has 5 nitrogen and oxygen atoms in total. The van der Waals surface area contributed by atoms with Crippen molar-refractivity contribution in [1.82, 2.24) is 20.1 Å². The predicted molar refractivity (Wildman–Crippen MR) is 115 cm³/mol. The molecule has 0 saturated heterocycles. The lowest BCUT2D eigenvalue weighted by Crippen LogP contribution is -2.37. The van der Waals surface area contributed by atoms with Crippen molar-refractivity contribution >= 4 is 29.0 Å². The van der Waals surface area contributed by atoms with Gasteiger partial charge in [0.15, 0.2) is 5.16 Å². The van der Waals surface area contributed by atoms with Gasteiger partial charge in [-0.3, -0.25) is 4.79 Å². The summed E-state index contributed by atoms with van der Waals surface area (Å²) in [6, 6.07) is 5.08. The van der Waals surface area contributed by atoms with E-state index < -0.39 is 0 Å². The van der Waals surface area contributed by atoms with Crippen LogP contribution in [-0.4, -0.2) is 32.0 Å². The van der Waals surface area contributed by atoms with Crippen LogP contribution in [0.2, 0.25) is 0 Å². The van der Waals surface area contributed by atoms with Crippen molar-refractivity contribution in [3.8, 4) is 0 Å². The van der Waals surface area contributed by atoms with Gasteiger partial charge in [0, 0.05) is 23.4 Å². The van der Waals surface area contributed by atoms with Gasteiger partial charge >= 0.3 is 0 Å². The zero-order chi connectivity index (χ0) is 19.3. The summed E-state index contributed by atoms with van der Waals surface area (Å²) >= 11 is 3.34. The lowest BCUT2D eigenvalue weighted by atomic mass is 9.95. The number of carbonyl (C=O) groups is 1. The van der Waals surface area contributed by atoms with Crippen LogP contribution < -0.4 is 5.32 Å². The molecule has 2 aliphatic rings. The molecule has 2 aromatic rings. The first-order valence-corrected chi connectivity index (χ1v) is 12.4. The molecule has 4 rings (SSSR count). The second-order valence-electron chi connectivity index (χ2n) is 8.07. The van der Waals surface area contributed by atoms with Gasteiger partial charge in [-0.2, -0.15) is 0 Å². The van der Waals surface area contributed by atoms with Crippen LogP contribution in [0.15, 0.2) is 22.7 Å². The third kappa shape index (κ3) is 4.79. The predicted octanol–water partition coefficient (Wildman–Crippen LogP) is 4.98. The fourth-order valence-corrected chi connectivity index (χ4v) is 6.03. The fraction of sp³-hybridized carbons (Fsp3) is 0.667. The third-order valence-electron chi connectivity index (χ3n) is 5.94. The average Bonchev–Trinajstić information content (AvgIpc) is 3.46.